The zero-order valence-electron chi connectivity index (χ0n) is 11.8. The first-order chi connectivity index (χ1) is 10.2. The van der Waals surface area contributed by atoms with Crippen LogP contribution in [0.3, 0.4) is 0 Å². The number of halogens is 1. The average molecular weight is 304 g/mol. The molecule has 0 radical (unpaired) electrons. The van der Waals surface area contributed by atoms with Gasteiger partial charge in [-0.25, -0.2) is 0 Å². The van der Waals surface area contributed by atoms with E-state index in [0.717, 1.165) is 18.8 Å². The molecule has 3 rings (SSSR count). The summed E-state index contributed by atoms with van der Waals surface area (Å²) >= 11 is 6.07. The molecule has 0 bridgehead atoms. The zero-order valence-corrected chi connectivity index (χ0v) is 12.6. The molecule has 1 fully saturated rings. The van der Waals surface area contributed by atoms with Gasteiger partial charge >= 0.3 is 0 Å². The van der Waals surface area contributed by atoms with Crippen LogP contribution < -0.4 is 0 Å². The fourth-order valence-corrected chi connectivity index (χ4v) is 2.74. The van der Waals surface area contributed by atoms with Crippen molar-refractivity contribution in [3.63, 3.8) is 0 Å². The number of furan rings is 1. The van der Waals surface area contributed by atoms with Gasteiger partial charge in [-0.2, -0.15) is 0 Å². The van der Waals surface area contributed by atoms with Gasteiger partial charge in [-0.05, 0) is 37.1 Å². The van der Waals surface area contributed by atoms with Gasteiger partial charge in [0, 0.05) is 24.6 Å². The van der Waals surface area contributed by atoms with Crippen LogP contribution >= 0.6 is 11.6 Å². The first kappa shape index (κ1) is 14.4. The highest BCUT2D eigenvalue weighted by atomic mass is 35.5. The van der Waals surface area contributed by atoms with Gasteiger partial charge in [0.2, 0.25) is 0 Å². The number of hydrogen-bond donors (Lipinski definition) is 0. The number of rotatable bonds is 7. The maximum atomic E-state index is 12.3. The average Bonchev–Trinajstić information content (AvgIpc) is 3.21. The lowest BCUT2D eigenvalue weighted by molar-refractivity contribution is 0.0958. The van der Waals surface area contributed by atoms with E-state index in [1.165, 1.54) is 12.8 Å². The predicted molar refractivity (Wildman–Crippen MR) is 82.5 cm³/mol. The molecule has 0 spiro atoms. The van der Waals surface area contributed by atoms with Crippen molar-refractivity contribution < 1.29 is 9.21 Å². The summed E-state index contributed by atoms with van der Waals surface area (Å²) in [7, 11) is 0. The van der Waals surface area contributed by atoms with E-state index in [1.807, 2.05) is 24.3 Å². The SMILES string of the molecule is O=C(CCN(Cc1ccco1)C1CC1)c1ccccc1Cl. The molecule has 21 heavy (non-hydrogen) atoms. The summed E-state index contributed by atoms with van der Waals surface area (Å²) in [5, 5.41) is 0.534. The normalized spacial score (nSPS) is 14.6. The molecule has 1 heterocycles. The lowest BCUT2D eigenvalue weighted by Gasteiger charge is -2.20. The van der Waals surface area contributed by atoms with Crippen molar-refractivity contribution in [2.75, 3.05) is 6.54 Å². The van der Waals surface area contributed by atoms with Crippen LogP contribution in [0.2, 0.25) is 5.02 Å². The van der Waals surface area contributed by atoms with E-state index in [2.05, 4.69) is 4.90 Å². The van der Waals surface area contributed by atoms with Crippen molar-refractivity contribution in [1.29, 1.82) is 0 Å². The second-order valence-electron chi connectivity index (χ2n) is 5.43. The van der Waals surface area contributed by atoms with Crippen molar-refractivity contribution in [3.05, 3.63) is 59.0 Å². The molecule has 4 heteroatoms. The third-order valence-electron chi connectivity index (χ3n) is 3.80. The Hall–Kier alpha value is -1.58. The van der Waals surface area contributed by atoms with Gasteiger partial charge in [0.1, 0.15) is 5.76 Å². The summed E-state index contributed by atoms with van der Waals surface area (Å²) in [4.78, 5) is 14.6. The van der Waals surface area contributed by atoms with E-state index >= 15 is 0 Å². The molecule has 1 aromatic heterocycles. The molecule has 1 aromatic carbocycles. The molecule has 1 aliphatic rings. The Bertz CT molecular complexity index is 605. The third-order valence-corrected chi connectivity index (χ3v) is 4.13. The maximum absolute atomic E-state index is 12.3. The summed E-state index contributed by atoms with van der Waals surface area (Å²) in [6.07, 6.45) is 4.60. The van der Waals surface area contributed by atoms with E-state index in [-0.39, 0.29) is 5.78 Å². The number of hydrogen-bond acceptors (Lipinski definition) is 3. The molecule has 0 saturated heterocycles. The number of nitrogens with zero attached hydrogens (tertiary/aromatic N) is 1. The van der Waals surface area contributed by atoms with Crippen LogP contribution in [0.4, 0.5) is 0 Å². The van der Waals surface area contributed by atoms with Gasteiger partial charge < -0.3 is 4.42 Å². The van der Waals surface area contributed by atoms with Crippen LogP contribution in [0.5, 0.6) is 0 Å². The summed E-state index contributed by atoms with van der Waals surface area (Å²) in [6.45, 7) is 1.52. The number of carbonyl (C=O) groups is 1. The van der Waals surface area contributed by atoms with Crippen molar-refractivity contribution in [1.82, 2.24) is 4.90 Å². The molecule has 110 valence electrons. The topological polar surface area (TPSA) is 33.5 Å². The molecule has 0 N–H and O–H groups in total. The third kappa shape index (κ3) is 3.74. The van der Waals surface area contributed by atoms with Gasteiger partial charge in [-0.1, -0.05) is 23.7 Å². The largest absolute Gasteiger partial charge is 0.468 e. The van der Waals surface area contributed by atoms with Gasteiger partial charge in [-0.3, -0.25) is 9.69 Å². The van der Waals surface area contributed by atoms with E-state index < -0.39 is 0 Å². The predicted octanol–water partition coefficient (Wildman–Crippen LogP) is 4.17. The molecule has 3 nitrogen and oxygen atoms in total. The number of carbonyl (C=O) groups excluding carboxylic acids is 1. The van der Waals surface area contributed by atoms with Crippen LogP contribution in [0, 0.1) is 0 Å². The van der Waals surface area contributed by atoms with E-state index in [0.29, 0.717) is 23.0 Å². The monoisotopic (exact) mass is 303 g/mol. The van der Waals surface area contributed by atoms with Gasteiger partial charge in [0.25, 0.3) is 0 Å². The summed E-state index contributed by atoms with van der Waals surface area (Å²) in [5.41, 5.74) is 0.618. The summed E-state index contributed by atoms with van der Waals surface area (Å²) < 4.78 is 5.40. The fraction of sp³-hybridized carbons (Fsp3) is 0.353. The Morgan fingerprint density at radius 2 is 2.05 bits per heavy atom. The fourth-order valence-electron chi connectivity index (χ4n) is 2.50. The number of ketones is 1. The minimum atomic E-state index is 0.102. The zero-order chi connectivity index (χ0) is 14.7. The van der Waals surface area contributed by atoms with Gasteiger partial charge in [0.15, 0.2) is 5.78 Å². The molecule has 1 aliphatic carbocycles. The highest BCUT2D eigenvalue weighted by Gasteiger charge is 2.29. The standard InChI is InChI=1S/C17H18ClNO2/c18-16-6-2-1-5-15(16)17(20)9-10-19(13-7-8-13)12-14-4-3-11-21-14/h1-6,11,13H,7-10,12H2. The maximum Gasteiger partial charge on any atom is 0.165 e. The molecule has 1 saturated carbocycles. The molecule has 0 amide bonds. The lowest BCUT2D eigenvalue weighted by Crippen LogP contribution is -2.28. The Labute approximate surface area is 129 Å². The van der Waals surface area contributed by atoms with E-state index in [9.17, 15) is 4.79 Å². The van der Waals surface area contributed by atoms with Crippen LogP contribution in [0.15, 0.2) is 47.1 Å². The van der Waals surface area contributed by atoms with Crippen LogP contribution in [-0.4, -0.2) is 23.3 Å². The Morgan fingerprint density at radius 3 is 2.71 bits per heavy atom. The first-order valence-electron chi connectivity index (χ1n) is 7.28. The number of Topliss-reactive ketones (excluding diaryl/α,β-unsaturated/α-hetero) is 1. The Morgan fingerprint density at radius 1 is 1.24 bits per heavy atom. The Balaban J connectivity index is 1.59. The molecule has 2 aromatic rings. The Kier molecular flexibility index (Phi) is 4.42. The van der Waals surface area contributed by atoms with Crippen molar-refractivity contribution in [2.45, 2.75) is 31.8 Å². The molecular formula is C17H18ClNO2. The quantitative estimate of drug-likeness (QED) is 0.720. The summed E-state index contributed by atoms with van der Waals surface area (Å²) in [6, 6.07) is 11.7. The van der Waals surface area contributed by atoms with Crippen LogP contribution in [-0.2, 0) is 6.54 Å². The smallest absolute Gasteiger partial charge is 0.165 e. The highest BCUT2D eigenvalue weighted by molar-refractivity contribution is 6.33. The highest BCUT2D eigenvalue weighted by Crippen LogP contribution is 2.29. The van der Waals surface area contributed by atoms with Gasteiger partial charge in [-0.15, -0.1) is 0 Å². The minimum absolute atomic E-state index is 0.102. The first-order valence-corrected chi connectivity index (χ1v) is 7.66. The molecule has 0 unspecified atom stereocenters. The van der Waals surface area contributed by atoms with Crippen LogP contribution in [0.25, 0.3) is 0 Å². The molecule has 0 atom stereocenters. The van der Waals surface area contributed by atoms with E-state index in [1.54, 1.807) is 18.4 Å². The second-order valence-corrected chi connectivity index (χ2v) is 5.84. The summed E-state index contributed by atoms with van der Waals surface area (Å²) in [5.74, 6) is 1.05. The van der Waals surface area contributed by atoms with Gasteiger partial charge in [0.05, 0.1) is 17.8 Å². The van der Waals surface area contributed by atoms with Crippen molar-refractivity contribution in [3.8, 4) is 0 Å². The molecule has 0 aliphatic heterocycles. The second kappa shape index (κ2) is 6.46. The molecular weight excluding hydrogens is 286 g/mol. The van der Waals surface area contributed by atoms with Crippen LogP contribution in [0.1, 0.15) is 35.4 Å². The number of benzene rings is 1. The van der Waals surface area contributed by atoms with E-state index in [4.69, 9.17) is 16.0 Å². The van der Waals surface area contributed by atoms with Crippen molar-refractivity contribution >= 4 is 17.4 Å². The minimum Gasteiger partial charge on any atom is -0.468 e. The lowest BCUT2D eigenvalue weighted by atomic mass is 10.1. The van der Waals surface area contributed by atoms with Crippen molar-refractivity contribution in [2.24, 2.45) is 0 Å².